The minimum absolute atomic E-state index is 0.0298. The zero-order valence-electron chi connectivity index (χ0n) is 17.3. The molecule has 30 heavy (non-hydrogen) atoms. The summed E-state index contributed by atoms with van der Waals surface area (Å²) < 4.78 is 57.5. The highest BCUT2D eigenvalue weighted by Gasteiger charge is 2.25. The lowest BCUT2D eigenvalue weighted by Crippen LogP contribution is -2.11. The largest absolute Gasteiger partial charge is 0.211 e. The van der Waals surface area contributed by atoms with Gasteiger partial charge >= 0.3 is 0 Å². The molecule has 0 heterocycles. The molecule has 0 nitrogen and oxygen atoms in total. The third kappa shape index (κ3) is 4.10. The zero-order chi connectivity index (χ0) is 21.4. The summed E-state index contributed by atoms with van der Waals surface area (Å²) in [6.45, 7) is 3.62. The van der Waals surface area contributed by atoms with Crippen molar-refractivity contribution in [2.45, 2.75) is 57.8 Å². The first-order valence-corrected chi connectivity index (χ1v) is 10.7. The van der Waals surface area contributed by atoms with Gasteiger partial charge in [-0.1, -0.05) is 44.0 Å². The van der Waals surface area contributed by atoms with Crippen molar-refractivity contribution in [1.29, 1.82) is 0 Å². The topological polar surface area (TPSA) is 0 Å². The van der Waals surface area contributed by atoms with E-state index in [9.17, 15) is 17.6 Å². The Balaban J connectivity index is 1.57. The van der Waals surface area contributed by atoms with Crippen LogP contribution in [0.25, 0.3) is 11.1 Å². The average molecular weight is 414 g/mol. The molecular weight excluding hydrogens is 388 g/mol. The number of halogens is 4. The summed E-state index contributed by atoms with van der Waals surface area (Å²) in [5.41, 5.74) is 1.94. The van der Waals surface area contributed by atoms with Gasteiger partial charge in [-0.25, -0.2) is 17.6 Å². The quantitative estimate of drug-likeness (QED) is 0.442. The molecule has 2 aromatic rings. The number of hydrogen-bond acceptors (Lipinski definition) is 0. The van der Waals surface area contributed by atoms with Crippen molar-refractivity contribution in [2.24, 2.45) is 5.92 Å². The molecule has 1 fully saturated rings. The van der Waals surface area contributed by atoms with Gasteiger partial charge in [-0.05, 0) is 66.5 Å². The minimum Gasteiger partial charge on any atom is -0.211 e. The van der Waals surface area contributed by atoms with E-state index in [1.807, 2.05) is 6.07 Å². The molecule has 2 aliphatic rings. The highest BCUT2D eigenvalue weighted by Crippen LogP contribution is 2.39. The van der Waals surface area contributed by atoms with Gasteiger partial charge in [0.15, 0.2) is 0 Å². The monoisotopic (exact) mass is 414 g/mol. The van der Waals surface area contributed by atoms with Crippen LogP contribution in [0.3, 0.4) is 0 Å². The predicted molar refractivity (Wildman–Crippen MR) is 113 cm³/mol. The van der Waals surface area contributed by atoms with Crippen molar-refractivity contribution in [2.75, 3.05) is 0 Å². The fourth-order valence-electron chi connectivity index (χ4n) is 4.64. The number of benzene rings is 2. The van der Waals surface area contributed by atoms with Crippen LogP contribution < -0.4 is 0 Å². The second kappa shape index (κ2) is 8.41. The van der Waals surface area contributed by atoms with E-state index in [4.69, 9.17) is 0 Å². The fourth-order valence-corrected chi connectivity index (χ4v) is 4.64. The molecule has 1 unspecified atom stereocenters. The van der Waals surface area contributed by atoms with Crippen LogP contribution in [-0.2, 0) is 0 Å². The van der Waals surface area contributed by atoms with Gasteiger partial charge < -0.3 is 0 Å². The lowest BCUT2D eigenvalue weighted by Gasteiger charge is -2.26. The lowest BCUT2D eigenvalue weighted by molar-refractivity contribution is 0.347. The third-order valence-corrected chi connectivity index (χ3v) is 6.70. The normalized spacial score (nSPS) is 24.7. The van der Waals surface area contributed by atoms with Crippen LogP contribution in [0, 0.1) is 17.6 Å². The van der Waals surface area contributed by atoms with E-state index in [0.29, 0.717) is 17.0 Å². The lowest BCUT2D eigenvalue weighted by atomic mass is 9.79. The van der Waals surface area contributed by atoms with Gasteiger partial charge in [0.2, 0.25) is 0 Å². The molecule has 158 valence electrons. The van der Waals surface area contributed by atoms with Crippen molar-refractivity contribution >= 4 is 0 Å². The first-order valence-electron chi connectivity index (χ1n) is 10.7. The Labute approximate surface area is 175 Å². The molecule has 0 spiro atoms. The summed E-state index contributed by atoms with van der Waals surface area (Å²) in [5.74, 6) is -1.78. The molecule has 0 aliphatic heterocycles. The number of allylic oxidation sites excluding steroid dienone is 4. The summed E-state index contributed by atoms with van der Waals surface area (Å²) in [5, 5.41) is 0. The SMILES string of the molecule is CC1=C(F)CC(c2ccc(-c3ccc(C4CCC(C)CC4)cc3F)cc2F)C=C1F. The van der Waals surface area contributed by atoms with Crippen LogP contribution in [0.2, 0.25) is 0 Å². The van der Waals surface area contributed by atoms with E-state index in [2.05, 4.69) is 6.92 Å². The maximum Gasteiger partial charge on any atom is 0.131 e. The first-order chi connectivity index (χ1) is 14.3. The van der Waals surface area contributed by atoms with E-state index in [0.717, 1.165) is 37.2 Å². The smallest absolute Gasteiger partial charge is 0.131 e. The van der Waals surface area contributed by atoms with Gasteiger partial charge in [-0.2, -0.15) is 0 Å². The molecule has 0 aromatic heterocycles. The summed E-state index contributed by atoms with van der Waals surface area (Å²) in [7, 11) is 0. The molecule has 2 aromatic carbocycles. The molecule has 0 N–H and O–H groups in total. The molecule has 1 saturated carbocycles. The molecule has 1 atom stereocenters. The molecular formula is C26H26F4. The Morgan fingerprint density at radius 1 is 0.833 bits per heavy atom. The maximum atomic E-state index is 14.9. The minimum atomic E-state index is -0.705. The van der Waals surface area contributed by atoms with Crippen molar-refractivity contribution in [3.8, 4) is 11.1 Å². The zero-order valence-corrected chi connectivity index (χ0v) is 17.3. The summed E-state index contributed by atoms with van der Waals surface area (Å²) >= 11 is 0. The summed E-state index contributed by atoms with van der Waals surface area (Å²) in [6.07, 6.45) is 5.63. The van der Waals surface area contributed by atoms with Gasteiger partial charge in [0.25, 0.3) is 0 Å². The highest BCUT2D eigenvalue weighted by atomic mass is 19.1. The highest BCUT2D eigenvalue weighted by molar-refractivity contribution is 5.65. The van der Waals surface area contributed by atoms with E-state index >= 15 is 0 Å². The van der Waals surface area contributed by atoms with Crippen LogP contribution in [0.5, 0.6) is 0 Å². The Bertz CT molecular complexity index is 1010. The molecule has 4 rings (SSSR count). The van der Waals surface area contributed by atoms with Crippen LogP contribution in [0.1, 0.15) is 68.9 Å². The van der Waals surface area contributed by atoms with Gasteiger partial charge in [0, 0.05) is 23.5 Å². The van der Waals surface area contributed by atoms with Crippen molar-refractivity contribution < 1.29 is 17.6 Å². The Morgan fingerprint density at radius 2 is 1.57 bits per heavy atom. The predicted octanol–water partition coefficient (Wildman–Crippen LogP) is 8.51. The Hall–Kier alpha value is -2.36. The van der Waals surface area contributed by atoms with Gasteiger partial charge in [-0.15, -0.1) is 0 Å². The second-order valence-electron chi connectivity index (χ2n) is 8.79. The van der Waals surface area contributed by atoms with E-state index in [1.54, 1.807) is 18.2 Å². The summed E-state index contributed by atoms with van der Waals surface area (Å²) in [4.78, 5) is 0. The molecule has 4 heteroatoms. The van der Waals surface area contributed by atoms with E-state index in [-0.39, 0.29) is 23.4 Å². The van der Waals surface area contributed by atoms with Gasteiger partial charge in [0.05, 0.1) is 0 Å². The third-order valence-electron chi connectivity index (χ3n) is 6.70. The number of hydrogen-bond donors (Lipinski definition) is 0. The maximum absolute atomic E-state index is 14.9. The molecule has 2 aliphatic carbocycles. The second-order valence-corrected chi connectivity index (χ2v) is 8.79. The van der Waals surface area contributed by atoms with Crippen molar-refractivity contribution in [1.82, 2.24) is 0 Å². The molecule has 0 bridgehead atoms. The Morgan fingerprint density at radius 3 is 2.20 bits per heavy atom. The van der Waals surface area contributed by atoms with Crippen LogP contribution in [0.15, 0.2) is 59.7 Å². The van der Waals surface area contributed by atoms with Gasteiger partial charge in [-0.3, -0.25) is 0 Å². The Kier molecular flexibility index (Phi) is 5.86. The van der Waals surface area contributed by atoms with Crippen molar-refractivity contribution in [3.05, 3.63) is 82.5 Å². The van der Waals surface area contributed by atoms with E-state index in [1.165, 1.54) is 25.1 Å². The van der Waals surface area contributed by atoms with E-state index < -0.39 is 23.4 Å². The van der Waals surface area contributed by atoms with Gasteiger partial charge in [0.1, 0.15) is 23.3 Å². The molecule has 0 amide bonds. The molecule has 0 saturated heterocycles. The van der Waals surface area contributed by atoms with Crippen LogP contribution >= 0.6 is 0 Å². The standard InChI is InChI=1S/C26H26F4/c1-15-3-5-17(6-4-15)18-7-9-21(25(29)11-18)19-8-10-22(26(30)12-19)20-13-23(27)16(2)24(28)14-20/h7-13,15,17,20H,3-6,14H2,1-2H3. The van der Waals surface area contributed by atoms with Crippen LogP contribution in [0.4, 0.5) is 17.6 Å². The summed E-state index contributed by atoms with van der Waals surface area (Å²) in [6, 6.07) is 9.60. The first kappa shape index (κ1) is 20.9. The fraction of sp³-hybridized carbons (Fsp3) is 0.385. The average Bonchev–Trinajstić information content (AvgIpc) is 2.72. The van der Waals surface area contributed by atoms with Crippen LogP contribution in [-0.4, -0.2) is 0 Å². The molecule has 0 radical (unpaired) electrons. The van der Waals surface area contributed by atoms with Crippen molar-refractivity contribution in [3.63, 3.8) is 0 Å². The number of rotatable bonds is 3.